The van der Waals surface area contributed by atoms with Crippen molar-refractivity contribution >= 4 is 34.7 Å². The van der Waals surface area contributed by atoms with Gasteiger partial charge in [-0.2, -0.15) is 31.4 Å². The van der Waals surface area contributed by atoms with Crippen molar-refractivity contribution in [1.29, 1.82) is 0 Å². The van der Waals surface area contributed by atoms with Gasteiger partial charge in [-0.3, -0.25) is 9.59 Å². The van der Waals surface area contributed by atoms with Crippen LogP contribution in [0.3, 0.4) is 0 Å². The Kier molecular flexibility index (Phi) is 7.64. The zero-order valence-electron chi connectivity index (χ0n) is 20.9. The standard InChI is InChI=1S/C24H22ClF7N6O2/c1-10-3-12(17-6-14(24(30,31)32)20-21(33)34-9-35-38(17)20)5-13(19(10)25)22(40)36-16-8-37(7-15(16)26)18(39)4-11(2)23(27,28)29/h3,5-6,9,11,15-16H,4,7-8H2,1-2H3,(H,36,40)(H2,33,34,35)/t11?,15-,16+/m0/s1. The summed E-state index contributed by atoms with van der Waals surface area (Å²) in [5.74, 6) is -4.16. The van der Waals surface area contributed by atoms with Crippen LogP contribution >= 0.6 is 11.6 Å². The fourth-order valence-electron chi connectivity index (χ4n) is 4.43. The van der Waals surface area contributed by atoms with E-state index in [0.717, 1.165) is 28.7 Å². The summed E-state index contributed by atoms with van der Waals surface area (Å²) in [5, 5.41) is 6.19. The molecule has 2 aromatic heterocycles. The molecule has 1 fully saturated rings. The van der Waals surface area contributed by atoms with Crippen LogP contribution in [0.25, 0.3) is 16.8 Å². The SMILES string of the molecule is Cc1cc(-c2cc(C(F)(F)F)c3c(N)ncnn23)cc(C(=O)N[C@@H]2CN(C(=O)CC(C)C(F)(F)F)C[C@@H]2F)c1Cl. The topological polar surface area (TPSA) is 106 Å². The monoisotopic (exact) mass is 594 g/mol. The van der Waals surface area contributed by atoms with Gasteiger partial charge >= 0.3 is 12.4 Å². The summed E-state index contributed by atoms with van der Waals surface area (Å²) in [6.45, 7) is 1.45. The molecule has 1 saturated heterocycles. The molecule has 2 amide bonds. The van der Waals surface area contributed by atoms with Crippen molar-refractivity contribution in [1.82, 2.24) is 24.8 Å². The van der Waals surface area contributed by atoms with E-state index in [0.29, 0.717) is 5.56 Å². The molecule has 0 saturated carbocycles. The molecule has 3 atom stereocenters. The van der Waals surface area contributed by atoms with E-state index in [-0.39, 0.29) is 28.4 Å². The molecule has 216 valence electrons. The van der Waals surface area contributed by atoms with Crippen LogP contribution in [0.15, 0.2) is 24.5 Å². The normalized spacial score (nSPS) is 18.8. The Bertz CT molecular complexity index is 1470. The number of benzene rings is 1. The lowest BCUT2D eigenvalue weighted by molar-refractivity contribution is -0.176. The number of nitrogens with zero attached hydrogens (tertiary/aromatic N) is 4. The van der Waals surface area contributed by atoms with E-state index in [9.17, 15) is 40.3 Å². The predicted molar refractivity (Wildman–Crippen MR) is 130 cm³/mol. The second-order valence-corrected chi connectivity index (χ2v) is 9.92. The molecule has 40 heavy (non-hydrogen) atoms. The third-order valence-corrected chi connectivity index (χ3v) is 7.14. The molecular formula is C24H22ClF7N6O2. The summed E-state index contributed by atoms with van der Waals surface area (Å²) in [5.41, 5.74) is 4.22. The van der Waals surface area contributed by atoms with Crippen LogP contribution in [0.4, 0.5) is 36.6 Å². The Labute approximate surface area is 227 Å². The molecular weight excluding hydrogens is 573 g/mol. The Morgan fingerprint density at radius 2 is 1.85 bits per heavy atom. The Morgan fingerprint density at radius 3 is 2.48 bits per heavy atom. The minimum Gasteiger partial charge on any atom is -0.382 e. The summed E-state index contributed by atoms with van der Waals surface area (Å²) < 4.78 is 95.3. The van der Waals surface area contributed by atoms with E-state index in [4.69, 9.17) is 17.3 Å². The van der Waals surface area contributed by atoms with Gasteiger partial charge in [0, 0.05) is 18.5 Å². The van der Waals surface area contributed by atoms with Crippen molar-refractivity contribution in [3.63, 3.8) is 0 Å². The third-order valence-electron chi connectivity index (χ3n) is 6.64. The number of nitrogens with two attached hydrogens (primary N) is 1. The molecule has 1 unspecified atom stereocenters. The van der Waals surface area contributed by atoms with Crippen molar-refractivity contribution < 1.29 is 40.3 Å². The van der Waals surface area contributed by atoms with Crippen LogP contribution in [-0.2, 0) is 11.0 Å². The second-order valence-electron chi connectivity index (χ2n) is 9.54. The summed E-state index contributed by atoms with van der Waals surface area (Å²) >= 11 is 6.31. The number of amides is 2. The highest BCUT2D eigenvalue weighted by Gasteiger charge is 2.42. The molecule has 0 aliphatic carbocycles. The van der Waals surface area contributed by atoms with Crippen molar-refractivity contribution in [3.05, 3.63) is 46.2 Å². The van der Waals surface area contributed by atoms with Crippen LogP contribution in [0.2, 0.25) is 5.02 Å². The molecule has 16 heteroatoms. The molecule has 1 aliphatic rings. The first-order valence-electron chi connectivity index (χ1n) is 11.8. The number of carbonyl (C=O) groups is 2. The fourth-order valence-corrected chi connectivity index (χ4v) is 4.62. The number of anilines is 1. The van der Waals surface area contributed by atoms with E-state index in [2.05, 4.69) is 15.4 Å². The van der Waals surface area contributed by atoms with Crippen molar-refractivity contribution in [2.75, 3.05) is 18.8 Å². The highest BCUT2D eigenvalue weighted by atomic mass is 35.5. The lowest BCUT2D eigenvalue weighted by Crippen LogP contribution is -2.42. The Hall–Kier alpha value is -3.62. The van der Waals surface area contributed by atoms with Gasteiger partial charge in [0.1, 0.15) is 18.0 Å². The molecule has 3 aromatic rings. The predicted octanol–water partition coefficient (Wildman–Crippen LogP) is 4.83. The maximum Gasteiger partial charge on any atom is 0.418 e. The van der Waals surface area contributed by atoms with Crippen LogP contribution < -0.4 is 11.1 Å². The molecule has 4 rings (SSSR count). The van der Waals surface area contributed by atoms with Crippen LogP contribution in [-0.4, -0.2) is 62.8 Å². The number of nitrogen functional groups attached to an aromatic ring is 1. The Morgan fingerprint density at radius 1 is 1.18 bits per heavy atom. The lowest BCUT2D eigenvalue weighted by atomic mass is 10.0. The van der Waals surface area contributed by atoms with Crippen molar-refractivity contribution in [2.45, 2.75) is 44.8 Å². The summed E-state index contributed by atoms with van der Waals surface area (Å²) in [6.07, 6.45) is -11.1. The van der Waals surface area contributed by atoms with Crippen LogP contribution in [0, 0.1) is 12.8 Å². The molecule has 0 bridgehead atoms. The second kappa shape index (κ2) is 10.4. The molecule has 3 heterocycles. The fraction of sp³-hybridized carbons (Fsp3) is 0.417. The van der Waals surface area contributed by atoms with Crippen molar-refractivity contribution in [2.24, 2.45) is 5.92 Å². The van der Waals surface area contributed by atoms with E-state index in [1.807, 2.05) is 0 Å². The zero-order valence-corrected chi connectivity index (χ0v) is 21.6. The molecule has 3 N–H and O–H groups in total. The maximum absolute atomic E-state index is 14.7. The smallest absolute Gasteiger partial charge is 0.382 e. The first-order chi connectivity index (χ1) is 18.5. The third kappa shape index (κ3) is 5.64. The van der Waals surface area contributed by atoms with E-state index >= 15 is 0 Å². The van der Waals surface area contributed by atoms with Gasteiger partial charge in [-0.25, -0.2) is 13.9 Å². The number of fused-ring (bicyclic) bond motifs is 1. The molecule has 8 nitrogen and oxygen atoms in total. The highest BCUT2D eigenvalue weighted by Crippen LogP contribution is 2.39. The number of aryl methyl sites for hydroxylation is 1. The molecule has 0 radical (unpaired) electrons. The number of carbonyl (C=O) groups excluding carboxylic acids is 2. The number of alkyl halides is 7. The summed E-state index contributed by atoms with van der Waals surface area (Å²) in [7, 11) is 0. The van der Waals surface area contributed by atoms with Crippen molar-refractivity contribution in [3.8, 4) is 11.3 Å². The maximum atomic E-state index is 14.7. The van der Waals surface area contributed by atoms with E-state index < -0.39 is 72.2 Å². The van der Waals surface area contributed by atoms with Gasteiger partial charge in [0.15, 0.2) is 5.82 Å². The summed E-state index contributed by atoms with van der Waals surface area (Å²) in [6, 6.07) is 2.16. The van der Waals surface area contributed by atoms with Gasteiger partial charge in [-0.1, -0.05) is 18.5 Å². The van der Waals surface area contributed by atoms with Crippen LogP contribution in [0.5, 0.6) is 0 Å². The Balaban J connectivity index is 1.61. The zero-order chi connectivity index (χ0) is 29.7. The van der Waals surface area contributed by atoms with Gasteiger partial charge in [0.05, 0.1) is 40.3 Å². The number of aromatic nitrogens is 3. The number of halogens is 8. The average molecular weight is 595 g/mol. The minimum absolute atomic E-state index is 0.0624. The molecule has 1 aromatic carbocycles. The van der Waals surface area contributed by atoms with Gasteiger partial charge < -0.3 is 16.0 Å². The van der Waals surface area contributed by atoms with Crippen LogP contribution in [0.1, 0.15) is 34.8 Å². The summed E-state index contributed by atoms with van der Waals surface area (Å²) in [4.78, 5) is 29.9. The number of nitrogens with one attached hydrogen (secondary N) is 1. The average Bonchev–Trinajstić information content (AvgIpc) is 3.42. The van der Waals surface area contributed by atoms with Gasteiger partial charge in [-0.15, -0.1) is 0 Å². The number of likely N-dealkylation sites (tertiary alicyclic amines) is 1. The van der Waals surface area contributed by atoms with Gasteiger partial charge in [0.25, 0.3) is 5.91 Å². The first-order valence-corrected chi connectivity index (χ1v) is 12.2. The molecule has 1 aliphatic heterocycles. The first kappa shape index (κ1) is 29.4. The largest absolute Gasteiger partial charge is 0.418 e. The molecule has 0 spiro atoms. The number of hydrogen-bond acceptors (Lipinski definition) is 5. The van der Waals surface area contributed by atoms with Gasteiger partial charge in [0.2, 0.25) is 5.91 Å². The highest BCUT2D eigenvalue weighted by molar-refractivity contribution is 6.34. The lowest BCUT2D eigenvalue weighted by Gasteiger charge is -2.20. The quantitative estimate of drug-likeness (QED) is 0.412. The van der Waals surface area contributed by atoms with E-state index in [1.165, 1.54) is 19.1 Å². The number of rotatable bonds is 5. The van der Waals surface area contributed by atoms with E-state index in [1.54, 1.807) is 0 Å². The minimum atomic E-state index is -4.80. The number of hydrogen-bond donors (Lipinski definition) is 2. The van der Waals surface area contributed by atoms with Gasteiger partial charge in [-0.05, 0) is 30.7 Å².